The van der Waals surface area contributed by atoms with Gasteiger partial charge in [0.2, 0.25) is 0 Å². The molecule has 0 atom stereocenters. The van der Waals surface area contributed by atoms with Crippen LogP contribution in [0.25, 0.3) is 0 Å². The van der Waals surface area contributed by atoms with Crippen LogP contribution in [0.15, 0.2) is 24.4 Å². The Morgan fingerprint density at radius 1 is 1.53 bits per heavy atom. The van der Waals surface area contributed by atoms with E-state index in [0.29, 0.717) is 0 Å². The number of nitrogens with two attached hydrogens (primary N) is 1. The van der Waals surface area contributed by atoms with Crippen molar-refractivity contribution in [2.75, 3.05) is 12.8 Å². The summed E-state index contributed by atoms with van der Waals surface area (Å²) in [7, 11) is 1.36. The Labute approximate surface area is 96.4 Å². The first-order valence-corrected chi connectivity index (χ1v) is 4.80. The van der Waals surface area contributed by atoms with Crippen LogP contribution in [0.1, 0.15) is 15.9 Å². The van der Waals surface area contributed by atoms with E-state index in [4.69, 9.17) is 10.5 Å². The summed E-state index contributed by atoms with van der Waals surface area (Å²) in [5, 5.41) is 6.08. The van der Waals surface area contributed by atoms with E-state index in [9.17, 15) is 9.18 Å². The first kappa shape index (κ1) is 11.1. The lowest BCUT2D eigenvalue weighted by Crippen LogP contribution is -2.04. The minimum Gasteiger partial charge on any atom is -0.494 e. The van der Waals surface area contributed by atoms with Gasteiger partial charge in [0.05, 0.1) is 18.9 Å². The number of ether oxygens (including phenoxy) is 1. The zero-order valence-corrected chi connectivity index (χ0v) is 9.03. The Morgan fingerprint density at radius 3 is 2.82 bits per heavy atom. The van der Waals surface area contributed by atoms with Crippen LogP contribution in [-0.2, 0) is 0 Å². The summed E-state index contributed by atoms with van der Waals surface area (Å²) >= 11 is 0. The number of methoxy groups -OCH3 is 1. The Bertz CT molecular complexity index is 566. The molecule has 0 amide bonds. The van der Waals surface area contributed by atoms with Crippen LogP contribution in [0, 0.1) is 5.82 Å². The molecule has 2 rings (SSSR count). The molecule has 2 aromatic rings. The second-order valence-electron chi connectivity index (χ2n) is 3.38. The molecule has 1 heterocycles. The summed E-state index contributed by atoms with van der Waals surface area (Å²) in [6.07, 6.45) is 1.31. The van der Waals surface area contributed by atoms with Crippen LogP contribution in [-0.4, -0.2) is 23.1 Å². The number of aromatic nitrogens is 2. The van der Waals surface area contributed by atoms with Crippen LogP contribution in [0.2, 0.25) is 0 Å². The van der Waals surface area contributed by atoms with Crippen molar-refractivity contribution in [3.63, 3.8) is 0 Å². The number of nitrogens with zero attached hydrogens (tertiary/aromatic N) is 1. The predicted molar refractivity (Wildman–Crippen MR) is 59.4 cm³/mol. The Hall–Kier alpha value is -2.37. The van der Waals surface area contributed by atoms with Crippen LogP contribution >= 0.6 is 0 Å². The molecule has 0 saturated carbocycles. The number of anilines is 1. The van der Waals surface area contributed by atoms with Gasteiger partial charge in [0.1, 0.15) is 5.82 Å². The van der Waals surface area contributed by atoms with Crippen molar-refractivity contribution in [1.29, 1.82) is 0 Å². The average molecular weight is 235 g/mol. The molecule has 0 fully saturated rings. The largest absolute Gasteiger partial charge is 0.494 e. The molecule has 6 heteroatoms. The Kier molecular flexibility index (Phi) is 2.78. The number of carbonyl (C=O) groups is 1. The molecular formula is C11H10FN3O2. The van der Waals surface area contributed by atoms with Gasteiger partial charge in [-0.1, -0.05) is 0 Å². The van der Waals surface area contributed by atoms with Crippen molar-refractivity contribution in [2.24, 2.45) is 0 Å². The predicted octanol–water partition coefficient (Wildman–Crippen LogP) is 1.37. The lowest BCUT2D eigenvalue weighted by Gasteiger charge is -2.04. The van der Waals surface area contributed by atoms with Gasteiger partial charge < -0.3 is 10.5 Å². The summed E-state index contributed by atoms with van der Waals surface area (Å²) in [5.74, 6) is -0.744. The highest BCUT2D eigenvalue weighted by molar-refractivity contribution is 6.11. The summed E-state index contributed by atoms with van der Waals surface area (Å²) in [4.78, 5) is 11.9. The van der Waals surface area contributed by atoms with E-state index < -0.39 is 11.6 Å². The molecule has 0 aliphatic heterocycles. The number of carbonyl (C=O) groups excluding carboxylic acids is 1. The fourth-order valence-electron chi connectivity index (χ4n) is 1.44. The van der Waals surface area contributed by atoms with Crippen molar-refractivity contribution >= 4 is 11.6 Å². The van der Waals surface area contributed by atoms with Crippen LogP contribution in [0.4, 0.5) is 10.2 Å². The van der Waals surface area contributed by atoms with Gasteiger partial charge in [-0.3, -0.25) is 9.89 Å². The molecule has 0 aliphatic carbocycles. The van der Waals surface area contributed by atoms with Crippen LogP contribution in [0.5, 0.6) is 5.75 Å². The molecule has 0 saturated heterocycles. The highest BCUT2D eigenvalue weighted by atomic mass is 19.1. The maximum atomic E-state index is 13.4. The van der Waals surface area contributed by atoms with E-state index in [1.165, 1.54) is 25.4 Å². The van der Waals surface area contributed by atoms with E-state index in [2.05, 4.69) is 10.2 Å². The van der Waals surface area contributed by atoms with Crippen LogP contribution in [0.3, 0.4) is 0 Å². The normalized spacial score (nSPS) is 10.2. The number of halogens is 1. The molecular weight excluding hydrogens is 225 g/mol. The van der Waals surface area contributed by atoms with E-state index in [1.807, 2.05) is 0 Å². The topological polar surface area (TPSA) is 81.0 Å². The van der Waals surface area contributed by atoms with Gasteiger partial charge in [-0.05, 0) is 18.2 Å². The van der Waals surface area contributed by atoms with Gasteiger partial charge in [-0.15, -0.1) is 0 Å². The SMILES string of the molecule is COc1ccc(C(=O)c2cn[nH]c2N)cc1F. The molecule has 0 radical (unpaired) electrons. The quantitative estimate of drug-likeness (QED) is 0.787. The summed E-state index contributed by atoms with van der Waals surface area (Å²) in [5.41, 5.74) is 5.92. The fourth-order valence-corrected chi connectivity index (χ4v) is 1.44. The summed E-state index contributed by atoms with van der Waals surface area (Å²) in [6.45, 7) is 0. The van der Waals surface area contributed by atoms with E-state index in [0.717, 1.165) is 6.07 Å². The van der Waals surface area contributed by atoms with Gasteiger partial charge in [0, 0.05) is 5.56 Å². The second-order valence-corrected chi connectivity index (χ2v) is 3.38. The van der Waals surface area contributed by atoms with E-state index in [1.54, 1.807) is 0 Å². The van der Waals surface area contributed by atoms with Crippen molar-refractivity contribution in [2.45, 2.75) is 0 Å². The standard InChI is InChI=1S/C11H10FN3O2/c1-17-9-3-2-6(4-8(9)12)10(16)7-5-14-15-11(7)13/h2-5H,1H3,(H3,13,14,15). The number of nitrogen functional groups attached to an aromatic ring is 1. The highest BCUT2D eigenvalue weighted by Gasteiger charge is 2.15. The Morgan fingerprint density at radius 2 is 2.29 bits per heavy atom. The van der Waals surface area contributed by atoms with Crippen molar-refractivity contribution in [3.05, 3.63) is 41.3 Å². The van der Waals surface area contributed by atoms with Gasteiger partial charge in [-0.25, -0.2) is 4.39 Å². The average Bonchev–Trinajstić information content (AvgIpc) is 2.74. The summed E-state index contributed by atoms with van der Waals surface area (Å²) < 4.78 is 18.2. The van der Waals surface area contributed by atoms with Crippen molar-refractivity contribution in [3.8, 4) is 5.75 Å². The molecule has 0 aliphatic rings. The smallest absolute Gasteiger partial charge is 0.198 e. The van der Waals surface area contributed by atoms with Crippen molar-refractivity contribution < 1.29 is 13.9 Å². The minimum absolute atomic E-state index is 0.0849. The molecule has 88 valence electrons. The number of hydrogen-bond donors (Lipinski definition) is 2. The Balaban J connectivity index is 2.39. The van der Waals surface area contributed by atoms with Gasteiger partial charge >= 0.3 is 0 Å². The number of hydrogen-bond acceptors (Lipinski definition) is 4. The molecule has 17 heavy (non-hydrogen) atoms. The monoisotopic (exact) mass is 235 g/mol. The van der Waals surface area contributed by atoms with Gasteiger partial charge in [0.15, 0.2) is 17.3 Å². The first-order valence-electron chi connectivity index (χ1n) is 4.80. The maximum absolute atomic E-state index is 13.4. The van der Waals surface area contributed by atoms with E-state index in [-0.39, 0.29) is 22.7 Å². The molecule has 0 unspecified atom stereocenters. The number of rotatable bonds is 3. The van der Waals surface area contributed by atoms with Gasteiger partial charge in [0.25, 0.3) is 0 Å². The molecule has 0 spiro atoms. The van der Waals surface area contributed by atoms with Crippen molar-refractivity contribution in [1.82, 2.24) is 10.2 Å². The minimum atomic E-state index is -0.597. The molecule has 0 bridgehead atoms. The zero-order chi connectivity index (χ0) is 12.4. The maximum Gasteiger partial charge on any atom is 0.198 e. The molecule has 1 aromatic carbocycles. The highest BCUT2D eigenvalue weighted by Crippen LogP contribution is 2.20. The number of nitrogens with one attached hydrogen (secondary N) is 1. The second kappa shape index (κ2) is 4.25. The lowest BCUT2D eigenvalue weighted by molar-refractivity contribution is 0.103. The number of H-pyrrole nitrogens is 1. The van der Waals surface area contributed by atoms with E-state index >= 15 is 0 Å². The fraction of sp³-hybridized carbons (Fsp3) is 0.0909. The molecule has 1 aromatic heterocycles. The lowest BCUT2D eigenvalue weighted by atomic mass is 10.1. The van der Waals surface area contributed by atoms with Gasteiger partial charge in [-0.2, -0.15) is 5.10 Å². The third-order valence-electron chi connectivity index (χ3n) is 2.33. The van der Waals surface area contributed by atoms with Crippen LogP contribution < -0.4 is 10.5 Å². The third kappa shape index (κ3) is 1.96. The molecule has 3 N–H and O–H groups in total. The summed E-state index contributed by atoms with van der Waals surface area (Å²) in [6, 6.07) is 3.96. The first-order chi connectivity index (χ1) is 8.13. The zero-order valence-electron chi connectivity index (χ0n) is 9.03. The number of aromatic amines is 1. The number of ketones is 1. The number of benzene rings is 1. The molecule has 5 nitrogen and oxygen atoms in total. The third-order valence-corrected chi connectivity index (χ3v) is 2.33.